The van der Waals surface area contributed by atoms with Crippen molar-refractivity contribution in [3.8, 4) is 0 Å². The molecule has 6 heteroatoms. The topological polar surface area (TPSA) is 66.4 Å². The zero-order valence-electron chi connectivity index (χ0n) is 11.6. The zero-order chi connectivity index (χ0) is 14.8. The van der Waals surface area contributed by atoms with E-state index in [1.54, 1.807) is 20.8 Å². The van der Waals surface area contributed by atoms with Crippen molar-refractivity contribution >= 4 is 10.0 Å². The lowest BCUT2D eigenvalue weighted by Gasteiger charge is -2.27. The Morgan fingerprint density at radius 3 is 2.47 bits per heavy atom. The average molecular weight is 289 g/mol. The standard InChI is InChI=1S/C13H20FNO3S/c1-9(2)13(4,16)8-15-19(17,18)11-5-6-12(14)10(3)7-11/h5-7,9,15-16H,8H2,1-4H3. The molecule has 0 radical (unpaired) electrons. The lowest BCUT2D eigenvalue weighted by Crippen LogP contribution is -2.44. The molecule has 0 saturated heterocycles. The van der Waals surface area contributed by atoms with Crippen LogP contribution in [0.1, 0.15) is 26.3 Å². The highest BCUT2D eigenvalue weighted by atomic mass is 32.2. The highest BCUT2D eigenvalue weighted by Crippen LogP contribution is 2.17. The molecule has 1 aromatic rings. The molecule has 0 spiro atoms. The van der Waals surface area contributed by atoms with E-state index in [2.05, 4.69) is 4.72 Å². The number of benzene rings is 1. The molecular formula is C13H20FNO3S. The van der Waals surface area contributed by atoms with Gasteiger partial charge < -0.3 is 5.11 Å². The lowest BCUT2D eigenvalue weighted by atomic mass is 9.93. The fraction of sp³-hybridized carbons (Fsp3) is 0.538. The van der Waals surface area contributed by atoms with Crippen LogP contribution in [0.5, 0.6) is 0 Å². The molecule has 1 unspecified atom stereocenters. The van der Waals surface area contributed by atoms with Crippen molar-refractivity contribution in [2.75, 3.05) is 6.54 Å². The van der Waals surface area contributed by atoms with Gasteiger partial charge in [-0.2, -0.15) is 0 Å². The van der Waals surface area contributed by atoms with E-state index in [9.17, 15) is 17.9 Å². The molecule has 0 aliphatic rings. The summed E-state index contributed by atoms with van der Waals surface area (Å²) >= 11 is 0. The summed E-state index contributed by atoms with van der Waals surface area (Å²) in [7, 11) is -3.74. The Balaban J connectivity index is 2.90. The minimum absolute atomic E-state index is 0.00837. The molecule has 0 saturated carbocycles. The second-order valence-corrected chi connectivity index (χ2v) is 7.01. The fourth-order valence-electron chi connectivity index (χ4n) is 1.31. The normalized spacial score (nSPS) is 15.5. The van der Waals surface area contributed by atoms with Gasteiger partial charge in [0.05, 0.1) is 10.5 Å². The maximum Gasteiger partial charge on any atom is 0.240 e. The quantitative estimate of drug-likeness (QED) is 0.869. The van der Waals surface area contributed by atoms with Crippen LogP contribution in [0, 0.1) is 18.7 Å². The van der Waals surface area contributed by atoms with Crippen molar-refractivity contribution in [2.24, 2.45) is 5.92 Å². The molecule has 0 fully saturated rings. The van der Waals surface area contributed by atoms with Crippen LogP contribution in [0.15, 0.2) is 23.1 Å². The van der Waals surface area contributed by atoms with Crippen LogP contribution in [0.2, 0.25) is 0 Å². The van der Waals surface area contributed by atoms with Crippen molar-refractivity contribution in [1.82, 2.24) is 4.72 Å². The highest BCUT2D eigenvalue weighted by Gasteiger charge is 2.27. The van der Waals surface area contributed by atoms with Crippen molar-refractivity contribution in [1.29, 1.82) is 0 Å². The smallest absolute Gasteiger partial charge is 0.240 e. The molecule has 4 nitrogen and oxygen atoms in total. The van der Waals surface area contributed by atoms with E-state index in [0.717, 1.165) is 6.07 Å². The van der Waals surface area contributed by atoms with Crippen molar-refractivity contribution in [3.63, 3.8) is 0 Å². The van der Waals surface area contributed by atoms with Gasteiger partial charge in [0.2, 0.25) is 10.0 Å². The molecule has 0 heterocycles. The van der Waals surface area contributed by atoms with Gasteiger partial charge in [-0.3, -0.25) is 0 Å². The highest BCUT2D eigenvalue weighted by molar-refractivity contribution is 7.89. The molecule has 0 aliphatic carbocycles. The van der Waals surface area contributed by atoms with Gasteiger partial charge in [0, 0.05) is 6.54 Å². The van der Waals surface area contributed by atoms with Crippen LogP contribution >= 0.6 is 0 Å². The molecule has 0 amide bonds. The summed E-state index contributed by atoms with van der Waals surface area (Å²) < 4.78 is 39.5. The van der Waals surface area contributed by atoms with E-state index in [1.807, 2.05) is 0 Å². The van der Waals surface area contributed by atoms with Gasteiger partial charge >= 0.3 is 0 Å². The first-order valence-corrected chi connectivity index (χ1v) is 7.53. The maximum atomic E-state index is 13.1. The molecule has 1 aromatic carbocycles. The maximum absolute atomic E-state index is 13.1. The summed E-state index contributed by atoms with van der Waals surface area (Å²) in [4.78, 5) is -0.00837. The Labute approximate surface area is 113 Å². The van der Waals surface area contributed by atoms with E-state index in [-0.39, 0.29) is 22.9 Å². The number of nitrogens with one attached hydrogen (secondary N) is 1. The first kappa shape index (κ1) is 16.1. The van der Waals surface area contributed by atoms with Crippen molar-refractivity contribution < 1.29 is 17.9 Å². The summed E-state index contributed by atoms with van der Waals surface area (Å²) in [5.41, 5.74) is -0.874. The molecular weight excluding hydrogens is 269 g/mol. The summed E-state index contributed by atoms with van der Waals surface area (Å²) in [5.74, 6) is -0.543. The summed E-state index contributed by atoms with van der Waals surface area (Å²) in [6.45, 7) is 6.57. The minimum Gasteiger partial charge on any atom is -0.389 e. The molecule has 19 heavy (non-hydrogen) atoms. The van der Waals surface area contributed by atoms with E-state index in [0.29, 0.717) is 0 Å². The lowest BCUT2D eigenvalue weighted by molar-refractivity contribution is 0.0190. The predicted molar refractivity (Wildman–Crippen MR) is 71.8 cm³/mol. The third-order valence-corrected chi connectivity index (χ3v) is 4.70. The summed E-state index contributed by atoms with van der Waals surface area (Å²) in [6, 6.07) is 3.58. The van der Waals surface area contributed by atoms with Gasteiger partial charge in [-0.05, 0) is 43.5 Å². The number of halogens is 1. The van der Waals surface area contributed by atoms with Crippen LogP contribution in [0.25, 0.3) is 0 Å². The zero-order valence-corrected chi connectivity index (χ0v) is 12.4. The van der Waals surface area contributed by atoms with Crippen LogP contribution < -0.4 is 4.72 Å². The van der Waals surface area contributed by atoms with Crippen molar-refractivity contribution in [3.05, 3.63) is 29.6 Å². The monoisotopic (exact) mass is 289 g/mol. The van der Waals surface area contributed by atoms with Gasteiger partial charge in [-0.1, -0.05) is 13.8 Å². The van der Waals surface area contributed by atoms with Crippen molar-refractivity contribution in [2.45, 2.75) is 38.2 Å². The number of aliphatic hydroxyl groups is 1. The number of hydrogen-bond donors (Lipinski definition) is 2. The Hall–Kier alpha value is -0.980. The van der Waals surface area contributed by atoms with Gasteiger partial charge in [-0.15, -0.1) is 0 Å². The first-order valence-electron chi connectivity index (χ1n) is 6.04. The SMILES string of the molecule is Cc1cc(S(=O)(=O)NCC(C)(O)C(C)C)ccc1F. The number of rotatable bonds is 5. The van der Waals surface area contributed by atoms with Crippen LogP contribution in [-0.2, 0) is 10.0 Å². The first-order chi connectivity index (χ1) is 8.56. The van der Waals surface area contributed by atoms with Gasteiger partial charge in [-0.25, -0.2) is 17.5 Å². The van der Waals surface area contributed by atoms with Gasteiger partial charge in [0.25, 0.3) is 0 Å². The Morgan fingerprint density at radius 2 is 2.00 bits per heavy atom. The van der Waals surface area contributed by atoms with E-state index < -0.39 is 21.4 Å². The largest absolute Gasteiger partial charge is 0.389 e. The molecule has 0 bridgehead atoms. The third kappa shape index (κ3) is 3.99. The molecule has 108 valence electrons. The van der Waals surface area contributed by atoms with E-state index >= 15 is 0 Å². The molecule has 1 rings (SSSR count). The fourth-order valence-corrected chi connectivity index (χ4v) is 2.54. The Bertz CT molecular complexity index is 553. The van der Waals surface area contributed by atoms with Crippen LogP contribution in [0.3, 0.4) is 0 Å². The van der Waals surface area contributed by atoms with Gasteiger partial charge in [0.15, 0.2) is 0 Å². The minimum atomic E-state index is -3.74. The number of sulfonamides is 1. The van der Waals surface area contributed by atoms with E-state index in [1.165, 1.54) is 19.1 Å². The molecule has 1 atom stereocenters. The van der Waals surface area contributed by atoms with Crippen LogP contribution in [0.4, 0.5) is 4.39 Å². The molecule has 2 N–H and O–H groups in total. The Morgan fingerprint density at radius 1 is 1.42 bits per heavy atom. The van der Waals surface area contributed by atoms with Gasteiger partial charge in [0.1, 0.15) is 5.82 Å². The summed E-state index contributed by atoms with van der Waals surface area (Å²) in [5, 5.41) is 10.0. The van der Waals surface area contributed by atoms with Crippen LogP contribution in [-0.4, -0.2) is 25.7 Å². The summed E-state index contributed by atoms with van der Waals surface area (Å²) in [6.07, 6.45) is 0. The third-order valence-electron chi connectivity index (χ3n) is 3.30. The average Bonchev–Trinajstić information content (AvgIpc) is 2.30. The predicted octanol–water partition coefficient (Wildman–Crippen LogP) is 1.82. The second-order valence-electron chi connectivity index (χ2n) is 5.25. The number of hydrogen-bond acceptors (Lipinski definition) is 3. The second kappa shape index (κ2) is 5.56. The number of aryl methyl sites for hydroxylation is 1. The van der Waals surface area contributed by atoms with E-state index in [4.69, 9.17) is 0 Å². The Kier molecular flexibility index (Phi) is 4.71. The molecule has 0 aliphatic heterocycles. The molecule has 0 aromatic heterocycles.